The normalized spacial score (nSPS) is 12.3. The molecule has 0 amide bonds. The first-order valence-corrected chi connectivity index (χ1v) is 4.78. The maximum Gasteiger partial charge on any atom is 0.327 e. The van der Waals surface area contributed by atoms with Gasteiger partial charge in [0.05, 0.1) is 11.6 Å². The molecule has 1 atom stereocenters. The van der Waals surface area contributed by atoms with Gasteiger partial charge in [0.1, 0.15) is 17.6 Å². The molecule has 1 aromatic rings. The number of ether oxygens (including phenoxy) is 1. The minimum atomic E-state index is -1.21. The van der Waals surface area contributed by atoms with Crippen molar-refractivity contribution in [2.45, 2.75) is 6.04 Å². The van der Waals surface area contributed by atoms with Crippen molar-refractivity contribution in [3.63, 3.8) is 0 Å². The van der Waals surface area contributed by atoms with Gasteiger partial charge in [-0.25, -0.2) is 4.39 Å². The molecule has 0 aromatic heterocycles. The number of rotatable bonds is 2. The largest absolute Gasteiger partial charge is 0.506 e. The van der Waals surface area contributed by atoms with Gasteiger partial charge in [-0.15, -0.1) is 0 Å². The van der Waals surface area contributed by atoms with Crippen LogP contribution in [-0.2, 0) is 9.53 Å². The van der Waals surface area contributed by atoms with Gasteiger partial charge in [-0.1, -0.05) is 0 Å². The van der Waals surface area contributed by atoms with Gasteiger partial charge in [-0.3, -0.25) is 4.79 Å². The summed E-state index contributed by atoms with van der Waals surface area (Å²) in [4.78, 5) is 11.1. The van der Waals surface area contributed by atoms with Crippen molar-refractivity contribution in [2.24, 2.45) is 5.73 Å². The molecule has 0 saturated heterocycles. The van der Waals surface area contributed by atoms with Gasteiger partial charge >= 0.3 is 5.97 Å². The standard InChI is InChI=1S/C9H9BrFNO3/c1-15-9(14)7(12)5-2-4(11)3-6(10)8(5)13/h2-3,7,13H,12H2,1H3/t7-/m0/s1. The predicted molar refractivity (Wildman–Crippen MR) is 54.7 cm³/mol. The highest BCUT2D eigenvalue weighted by Gasteiger charge is 2.22. The molecule has 0 heterocycles. The smallest absolute Gasteiger partial charge is 0.327 e. The summed E-state index contributed by atoms with van der Waals surface area (Å²) < 4.78 is 17.5. The van der Waals surface area contributed by atoms with Gasteiger partial charge in [0, 0.05) is 5.56 Å². The number of benzene rings is 1. The van der Waals surface area contributed by atoms with Crippen molar-refractivity contribution in [2.75, 3.05) is 7.11 Å². The van der Waals surface area contributed by atoms with E-state index in [2.05, 4.69) is 20.7 Å². The summed E-state index contributed by atoms with van der Waals surface area (Å²) in [5, 5.41) is 9.54. The van der Waals surface area contributed by atoms with Crippen LogP contribution in [0.4, 0.5) is 4.39 Å². The number of phenols is 1. The maximum atomic E-state index is 13.0. The number of halogens is 2. The fraction of sp³-hybridized carbons (Fsp3) is 0.222. The third kappa shape index (κ3) is 2.45. The Hall–Kier alpha value is -1.14. The first-order valence-electron chi connectivity index (χ1n) is 3.98. The number of hydrogen-bond acceptors (Lipinski definition) is 4. The van der Waals surface area contributed by atoms with Gasteiger partial charge in [0.2, 0.25) is 0 Å². The zero-order valence-electron chi connectivity index (χ0n) is 7.83. The minimum absolute atomic E-state index is 0.0197. The molecule has 0 spiro atoms. The van der Waals surface area contributed by atoms with Crippen LogP contribution in [0, 0.1) is 5.82 Å². The molecule has 0 saturated carbocycles. The molecule has 15 heavy (non-hydrogen) atoms. The number of esters is 1. The Morgan fingerprint density at radius 3 is 2.80 bits per heavy atom. The summed E-state index contributed by atoms with van der Waals surface area (Å²) in [5.74, 6) is -1.62. The lowest BCUT2D eigenvalue weighted by molar-refractivity contribution is -0.142. The van der Waals surface area contributed by atoms with Crippen LogP contribution in [0.25, 0.3) is 0 Å². The number of phenolic OH excluding ortho intramolecular Hbond substituents is 1. The monoisotopic (exact) mass is 277 g/mol. The fourth-order valence-corrected chi connectivity index (χ4v) is 1.52. The van der Waals surface area contributed by atoms with E-state index in [1.54, 1.807) is 0 Å². The zero-order chi connectivity index (χ0) is 11.6. The van der Waals surface area contributed by atoms with Crippen molar-refractivity contribution < 1.29 is 19.0 Å². The molecule has 0 unspecified atom stereocenters. The average Bonchev–Trinajstić information content (AvgIpc) is 2.21. The highest BCUT2D eigenvalue weighted by Crippen LogP contribution is 2.32. The van der Waals surface area contributed by atoms with Crippen molar-refractivity contribution >= 4 is 21.9 Å². The van der Waals surface area contributed by atoms with E-state index in [0.717, 1.165) is 19.2 Å². The SMILES string of the molecule is COC(=O)[C@@H](N)c1cc(F)cc(Br)c1O. The summed E-state index contributed by atoms with van der Waals surface area (Å²) >= 11 is 2.94. The Kier molecular flexibility index (Phi) is 3.65. The summed E-state index contributed by atoms with van der Waals surface area (Å²) in [6.07, 6.45) is 0. The number of carbonyl (C=O) groups excluding carboxylic acids is 1. The molecule has 82 valence electrons. The number of carbonyl (C=O) groups is 1. The molecule has 0 aliphatic carbocycles. The molecule has 1 rings (SSSR count). The van der Waals surface area contributed by atoms with E-state index < -0.39 is 17.8 Å². The molecular formula is C9H9BrFNO3. The van der Waals surface area contributed by atoms with Gasteiger partial charge in [0.25, 0.3) is 0 Å². The Morgan fingerprint density at radius 2 is 2.27 bits per heavy atom. The van der Waals surface area contributed by atoms with Crippen molar-refractivity contribution in [3.8, 4) is 5.75 Å². The Morgan fingerprint density at radius 1 is 1.67 bits per heavy atom. The van der Waals surface area contributed by atoms with Crippen molar-refractivity contribution in [3.05, 3.63) is 28.0 Å². The molecule has 0 fully saturated rings. The van der Waals surface area contributed by atoms with Gasteiger partial charge in [0.15, 0.2) is 0 Å². The van der Waals surface area contributed by atoms with Gasteiger partial charge < -0.3 is 15.6 Å². The van der Waals surface area contributed by atoms with Crippen molar-refractivity contribution in [1.29, 1.82) is 0 Å². The predicted octanol–water partition coefficient (Wildman–Crippen LogP) is 1.47. The molecule has 1 aromatic carbocycles. The van der Waals surface area contributed by atoms with E-state index >= 15 is 0 Å². The van der Waals surface area contributed by atoms with Crippen LogP contribution in [0.15, 0.2) is 16.6 Å². The van der Waals surface area contributed by atoms with Crippen LogP contribution in [0.5, 0.6) is 5.75 Å². The lowest BCUT2D eigenvalue weighted by Crippen LogP contribution is -2.22. The first-order chi connectivity index (χ1) is 6.97. The van der Waals surface area contributed by atoms with Crippen LogP contribution < -0.4 is 5.73 Å². The number of aromatic hydroxyl groups is 1. The van der Waals surface area contributed by atoms with Crippen LogP contribution >= 0.6 is 15.9 Å². The second-order valence-corrected chi connectivity index (χ2v) is 3.68. The topological polar surface area (TPSA) is 72.5 Å². The summed E-state index contributed by atoms with van der Waals surface area (Å²) in [5.41, 5.74) is 5.45. The zero-order valence-corrected chi connectivity index (χ0v) is 9.42. The van der Waals surface area contributed by atoms with E-state index in [9.17, 15) is 14.3 Å². The number of nitrogens with two attached hydrogens (primary N) is 1. The second-order valence-electron chi connectivity index (χ2n) is 2.83. The lowest BCUT2D eigenvalue weighted by atomic mass is 10.1. The first kappa shape index (κ1) is 11.9. The average molecular weight is 278 g/mol. The Labute approximate surface area is 94.0 Å². The molecule has 3 N–H and O–H groups in total. The lowest BCUT2D eigenvalue weighted by Gasteiger charge is -2.12. The van der Waals surface area contributed by atoms with E-state index in [-0.39, 0.29) is 15.8 Å². The molecule has 0 radical (unpaired) electrons. The highest BCUT2D eigenvalue weighted by atomic mass is 79.9. The summed E-state index contributed by atoms with van der Waals surface area (Å²) in [6, 6.07) is 0.854. The van der Waals surface area contributed by atoms with E-state index in [0.29, 0.717) is 0 Å². The van der Waals surface area contributed by atoms with Crippen LogP contribution in [-0.4, -0.2) is 18.2 Å². The van der Waals surface area contributed by atoms with E-state index in [1.807, 2.05) is 0 Å². The summed E-state index contributed by atoms with van der Waals surface area (Å²) in [7, 11) is 1.16. The second kappa shape index (κ2) is 4.59. The quantitative estimate of drug-likeness (QED) is 0.803. The Bertz CT molecular complexity index is 397. The van der Waals surface area contributed by atoms with Crippen LogP contribution in [0.2, 0.25) is 0 Å². The third-order valence-corrected chi connectivity index (χ3v) is 2.45. The fourth-order valence-electron chi connectivity index (χ4n) is 1.08. The number of methoxy groups -OCH3 is 1. The van der Waals surface area contributed by atoms with Crippen molar-refractivity contribution in [1.82, 2.24) is 0 Å². The van der Waals surface area contributed by atoms with Gasteiger partial charge in [-0.2, -0.15) is 0 Å². The maximum absolute atomic E-state index is 13.0. The van der Waals surface area contributed by atoms with Crippen LogP contribution in [0.1, 0.15) is 11.6 Å². The molecule has 4 nitrogen and oxygen atoms in total. The molecule has 6 heteroatoms. The molecule has 0 aliphatic rings. The van der Waals surface area contributed by atoms with E-state index in [4.69, 9.17) is 5.73 Å². The summed E-state index contributed by atoms with van der Waals surface area (Å²) in [6.45, 7) is 0. The molecule has 0 bridgehead atoms. The van der Waals surface area contributed by atoms with E-state index in [1.165, 1.54) is 0 Å². The third-order valence-electron chi connectivity index (χ3n) is 1.85. The molecule has 0 aliphatic heterocycles. The Balaban J connectivity index is 3.19. The van der Waals surface area contributed by atoms with Gasteiger partial charge in [-0.05, 0) is 28.1 Å². The molecular weight excluding hydrogens is 269 g/mol. The number of hydrogen-bond donors (Lipinski definition) is 2. The highest BCUT2D eigenvalue weighted by molar-refractivity contribution is 9.10. The van der Waals surface area contributed by atoms with Crippen LogP contribution in [0.3, 0.4) is 0 Å². The minimum Gasteiger partial charge on any atom is -0.506 e.